The molecule has 0 unspecified atom stereocenters. The molecule has 0 aliphatic heterocycles. The van der Waals surface area contributed by atoms with Gasteiger partial charge < -0.3 is 28.8 Å². The van der Waals surface area contributed by atoms with Crippen LogP contribution in [0.15, 0.2) is 121 Å². The summed E-state index contributed by atoms with van der Waals surface area (Å²) < 4.78 is 51.8. The lowest BCUT2D eigenvalue weighted by atomic mass is 9.71. The molecule has 6 nitrogen and oxygen atoms in total. The number of phenolic OH excluding ortho intramolecular Hbond substituents is 2. The van der Waals surface area contributed by atoms with Crippen molar-refractivity contribution in [1.82, 2.24) is 9.13 Å². The van der Waals surface area contributed by atoms with Crippen LogP contribution in [0, 0.1) is 58.0 Å². The highest BCUT2D eigenvalue weighted by atomic mass is 19.1. The number of ether oxygens (including phenoxy) is 2. The summed E-state index contributed by atoms with van der Waals surface area (Å²) in [5.74, 6) is 0.0744. The molecule has 2 heterocycles. The van der Waals surface area contributed by atoms with E-state index in [1.165, 1.54) is 46.5 Å². The summed E-state index contributed by atoms with van der Waals surface area (Å²) in [5, 5.41) is 31.6. The van der Waals surface area contributed by atoms with Gasteiger partial charge in [-0.25, -0.2) is 8.78 Å². The van der Waals surface area contributed by atoms with E-state index in [1.54, 1.807) is 0 Å². The average molecular weight is 1480 g/mol. The molecule has 2 N–H and O–H groups in total. The van der Waals surface area contributed by atoms with E-state index in [1.807, 2.05) is 13.8 Å². The molecule has 0 saturated heterocycles. The minimum Gasteiger partial charge on any atom is -0.505 e. The summed E-state index contributed by atoms with van der Waals surface area (Å²) >= 11 is 0. The first-order valence-corrected chi connectivity index (χ1v) is 40.5. The first kappa shape index (κ1) is 83.9. The zero-order chi connectivity index (χ0) is 81.2. The summed E-state index contributed by atoms with van der Waals surface area (Å²) in [6.45, 7) is 73.1. The Morgan fingerprint density at radius 3 is 0.743 bits per heavy atom. The predicted octanol–water partition coefficient (Wildman–Crippen LogP) is 29.7. The minimum atomic E-state index is -0.443. The maximum absolute atomic E-state index is 16.6. The van der Waals surface area contributed by atoms with Gasteiger partial charge in [-0.15, -0.1) is 0 Å². The number of rotatable bonds is 22. The molecule has 8 heteroatoms. The standard InChI is InChI=1S/C101H136F2N2O4/c1-62-44-70(102)54-78(76-46-68(100(29,30)60-94(15,16)17)52-84(86(76)106)104-80-48-64(96(21,22)56-90(3,4)5)34-38-72(80)73-39-35-65(49-81(73)104)97(23,24)57-91(6,7)8)88(62)108-42-33-43-109-89-63(2)45-71(103)55-79(89)77-47-69(101(31,32)61-95(18,19)20)53-85(87(77)107)105-82-50-66(98(25,26)58-92(9,10)11)36-40-74(82)75-41-37-67(51-83(75)105)99(27,28)59-93(12,13)14/h34-41,44-55,106-107H,33,42-43,56-61H2,1-32H3. The number of phenols is 2. The van der Waals surface area contributed by atoms with Gasteiger partial charge in [-0.2, -0.15) is 0 Å². The monoisotopic (exact) mass is 1480 g/mol. The van der Waals surface area contributed by atoms with E-state index in [-0.39, 0.29) is 78.9 Å². The summed E-state index contributed by atoms with van der Waals surface area (Å²) in [7, 11) is 0. The number of hydrogen-bond donors (Lipinski definition) is 2. The molecule has 0 aliphatic carbocycles. The van der Waals surface area contributed by atoms with Crippen LogP contribution < -0.4 is 9.47 Å². The summed E-state index contributed by atoms with van der Waals surface area (Å²) in [6, 6.07) is 42.2. The minimum absolute atomic E-state index is 0.0235. The second-order valence-corrected chi connectivity index (χ2v) is 44.4. The number of aromatic nitrogens is 2. The van der Waals surface area contributed by atoms with Crippen molar-refractivity contribution in [2.75, 3.05) is 13.2 Å². The molecule has 0 aliphatic rings. The van der Waals surface area contributed by atoms with Gasteiger partial charge in [0.25, 0.3) is 0 Å². The van der Waals surface area contributed by atoms with Crippen LogP contribution in [0.3, 0.4) is 0 Å². The molecule has 0 spiro atoms. The highest BCUT2D eigenvalue weighted by Crippen LogP contribution is 2.53. The molecule has 10 aromatic rings. The Hall–Kier alpha value is -7.58. The number of aryl methyl sites for hydroxylation is 2. The molecule has 109 heavy (non-hydrogen) atoms. The van der Waals surface area contributed by atoms with Crippen molar-refractivity contribution in [3.8, 4) is 56.6 Å². The third-order valence-electron chi connectivity index (χ3n) is 22.6. The molecule has 0 bridgehead atoms. The van der Waals surface area contributed by atoms with Crippen molar-refractivity contribution in [3.63, 3.8) is 0 Å². The fourth-order valence-corrected chi connectivity index (χ4v) is 20.2. The van der Waals surface area contributed by atoms with Gasteiger partial charge in [0.1, 0.15) is 34.6 Å². The summed E-state index contributed by atoms with van der Waals surface area (Å²) in [4.78, 5) is 0. The van der Waals surface area contributed by atoms with E-state index in [0.29, 0.717) is 62.7 Å². The molecule has 0 atom stereocenters. The van der Waals surface area contributed by atoms with E-state index >= 15 is 8.78 Å². The molecular formula is C101H136F2N2O4. The van der Waals surface area contributed by atoms with Crippen molar-refractivity contribution >= 4 is 43.6 Å². The second kappa shape index (κ2) is 28.9. The van der Waals surface area contributed by atoms with Crippen LogP contribution in [0.4, 0.5) is 8.78 Å². The fourth-order valence-electron chi connectivity index (χ4n) is 20.2. The lowest BCUT2D eigenvalue weighted by Crippen LogP contribution is -2.25. The third-order valence-corrected chi connectivity index (χ3v) is 22.6. The van der Waals surface area contributed by atoms with E-state index in [4.69, 9.17) is 9.47 Å². The molecule has 0 saturated carbocycles. The topological polar surface area (TPSA) is 68.8 Å². The number of hydrogen-bond acceptors (Lipinski definition) is 4. The van der Waals surface area contributed by atoms with Crippen LogP contribution in [0.25, 0.3) is 77.2 Å². The van der Waals surface area contributed by atoms with Crippen molar-refractivity contribution in [1.29, 1.82) is 0 Å². The Morgan fingerprint density at radius 2 is 0.514 bits per heavy atom. The molecule has 0 radical (unpaired) electrons. The second-order valence-electron chi connectivity index (χ2n) is 44.4. The zero-order valence-electron chi connectivity index (χ0n) is 73.3. The lowest BCUT2D eigenvalue weighted by Gasteiger charge is -2.34. The largest absolute Gasteiger partial charge is 0.505 e. The first-order chi connectivity index (χ1) is 49.7. The van der Waals surface area contributed by atoms with Gasteiger partial charge in [-0.3, -0.25) is 0 Å². The Labute approximate surface area is 656 Å². The molecule has 0 fully saturated rings. The van der Waals surface area contributed by atoms with Crippen LogP contribution in [0.2, 0.25) is 0 Å². The quantitative estimate of drug-likeness (QED) is 0.0664. The van der Waals surface area contributed by atoms with Crippen LogP contribution in [-0.2, 0) is 32.5 Å². The van der Waals surface area contributed by atoms with E-state index < -0.39 is 22.5 Å². The molecule has 10 rings (SSSR count). The number of nitrogens with zero attached hydrogens (tertiary/aromatic N) is 2. The fraction of sp³-hybridized carbons (Fsp3) is 0.525. The Bertz CT molecular complexity index is 4580. The van der Waals surface area contributed by atoms with Crippen LogP contribution >= 0.6 is 0 Å². The van der Waals surface area contributed by atoms with Gasteiger partial charge >= 0.3 is 0 Å². The lowest BCUT2D eigenvalue weighted by molar-refractivity contribution is 0.246. The number of fused-ring (bicyclic) bond motifs is 6. The Balaban J connectivity index is 1.11. The zero-order valence-corrected chi connectivity index (χ0v) is 73.3. The maximum atomic E-state index is 16.6. The molecule has 8 aromatic carbocycles. The highest BCUT2D eigenvalue weighted by molar-refractivity contribution is 6.11. The van der Waals surface area contributed by atoms with Gasteiger partial charge in [-0.1, -0.05) is 256 Å². The van der Waals surface area contributed by atoms with Crippen molar-refractivity contribution in [2.45, 2.75) is 299 Å². The van der Waals surface area contributed by atoms with E-state index in [0.717, 1.165) is 93.3 Å². The van der Waals surface area contributed by atoms with Gasteiger partial charge in [0.05, 0.1) is 46.7 Å². The van der Waals surface area contributed by atoms with Crippen molar-refractivity contribution in [2.24, 2.45) is 32.5 Å². The smallest absolute Gasteiger partial charge is 0.147 e. The molecule has 2 aromatic heterocycles. The Kier molecular flexibility index (Phi) is 22.2. The van der Waals surface area contributed by atoms with Crippen LogP contribution in [0.5, 0.6) is 23.0 Å². The molecule has 0 amide bonds. The maximum Gasteiger partial charge on any atom is 0.147 e. The van der Waals surface area contributed by atoms with E-state index in [2.05, 4.69) is 314 Å². The van der Waals surface area contributed by atoms with Gasteiger partial charge in [0, 0.05) is 50.2 Å². The third kappa shape index (κ3) is 18.6. The highest BCUT2D eigenvalue weighted by Gasteiger charge is 2.38. The average Bonchev–Trinajstić information content (AvgIpc) is 1.59. The van der Waals surface area contributed by atoms with Gasteiger partial charge in [0.2, 0.25) is 0 Å². The SMILES string of the molecule is Cc1cc(F)cc(-c2cc(C(C)(C)CC(C)(C)C)cc(-n3c4cc(C(C)(C)CC(C)(C)C)ccc4c4ccc(C(C)(C)CC(C)(C)C)cc43)c2O)c1OCCCOc1c(C)cc(F)cc1-c1cc(C(C)(C)CC(C)(C)C)cc(-n2c3cc(C(C)(C)CC(C)(C)C)ccc3c3ccc(C(C)(C)CC(C)(C)C)cc32)c1O. The summed E-state index contributed by atoms with van der Waals surface area (Å²) in [5.41, 5.74) is 13.6. The predicted molar refractivity (Wildman–Crippen MR) is 463 cm³/mol. The Morgan fingerprint density at radius 1 is 0.284 bits per heavy atom. The first-order valence-electron chi connectivity index (χ1n) is 40.5. The van der Waals surface area contributed by atoms with Crippen molar-refractivity contribution < 1.29 is 28.5 Å². The van der Waals surface area contributed by atoms with Crippen molar-refractivity contribution in [3.05, 3.63) is 177 Å². The van der Waals surface area contributed by atoms with E-state index in [9.17, 15) is 10.2 Å². The van der Waals surface area contributed by atoms with Gasteiger partial charge in [0.15, 0.2) is 0 Å². The molecule has 588 valence electrons. The van der Waals surface area contributed by atoms with Crippen LogP contribution in [0.1, 0.15) is 297 Å². The van der Waals surface area contributed by atoms with Gasteiger partial charge in [-0.05, 0) is 235 Å². The number of halogens is 2. The number of aromatic hydroxyl groups is 2. The molecular weight excluding hydrogens is 1340 g/mol. The summed E-state index contributed by atoms with van der Waals surface area (Å²) in [6.07, 6.45) is 5.87. The van der Waals surface area contributed by atoms with Crippen LogP contribution in [-0.4, -0.2) is 32.6 Å². The normalized spacial score (nSPS) is 13.8. The number of benzene rings is 8.